The zero-order chi connectivity index (χ0) is 22.4. The first kappa shape index (κ1) is 23.0. The molecule has 2 aromatic rings. The maximum Gasteiger partial charge on any atom is 0.269 e. The van der Waals surface area contributed by atoms with Crippen molar-refractivity contribution in [1.29, 1.82) is 0 Å². The summed E-state index contributed by atoms with van der Waals surface area (Å²) in [5.41, 5.74) is 5.82. The van der Waals surface area contributed by atoms with E-state index in [1.807, 2.05) is 31.2 Å². The highest BCUT2D eigenvalue weighted by Crippen LogP contribution is 2.32. The molecule has 0 spiro atoms. The predicted octanol–water partition coefficient (Wildman–Crippen LogP) is 3.51. The van der Waals surface area contributed by atoms with Crippen LogP contribution >= 0.6 is 39.9 Å². The van der Waals surface area contributed by atoms with Crippen LogP contribution < -0.4 is 15.6 Å². The quantitative estimate of drug-likeness (QED) is 0.345. The van der Waals surface area contributed by atoms with Crippen molar-refractivity contribution < 1.29 is 19.1 Å². The summed E-state index contributed by atoms with van der Waals surface area (Å²) in [6, 6.07) is 14.0. The summed E-state index contributed by atoms with van der Waals surface area (Å²) in [6.07, 6.45) is 1.71. The van der Waals surface area contributed by atoms with E-state index in [1.54, 1.807) is 30.3 Å². The Morgan fingerprint density at radius 2 is 1.81 bits per heavy atom. The minimum Gasteiger partial charge on any atom is -0.494 e. The lowest BCUT2D eigenvalue weighted by Crippen LogP contribution is -2.47. The lowest BCUT2D eigenvalue weighted by atomic mass is 10.2. The molecule has 1 aliphatic heterocycles. The van der Waals surface area contributed by atoms with Crippen molar-refractivity contribution in [3.63, 3.8) is 0 Å². The van der Waals surface area contributed by atoms with Gasteiger partial charge in [0, 0.05) is 10.0 Å². The number of carbonyl (C=O) groups is 3. The molecule has 0 aliphatic carbocycles. The van der Waals surface area contributed by atoms with Gasteiger partial charge in [0.2, 0.25) is 0 Å². The second kappa shape index (κ2) is 10.6. The second-order valence-electron chi connectivity index (χ2n) is 6.28. The van der Waals surface area contributed by atoms with Gasteiger partial charge < -0.3 is 4.74 Å². The number of benzene rings is 2. The second-order valence-corrected chi connectivity index (χ2v) is 8.87. The van der Waals surface area contributed by atoms with Gasteiger partial charge in [0.05, 0.1) is 11.5 Å². The van der Waals surface area contributed by atoms with E-state index in [4.69, 9.17) is 17.0 Å². The average Bonchev–Trinajstić information content (AvgIpc) is 3.01. The van der Waals surface area contributed by atoms with Crippen LogP contribution in [0.5, 0.6) is 5.75 Å². The molecule has 0 saturated carbocycles. The van der Waals surface area contributed by atoms with E-state index in [0.717, 1.165) is 27.5 Å². The monoisotopic (exact) mass is 519 g/mol. The number of carbonyl (C=O) groups excluding carboxylic acids is 3. The number of thioether (sulfide) groups is 1. The maximum atomic E-state index is 12.7. The number of halogens is 1. The van der Waals surface area contributed by atoms with E-state index in [-0.39, 0.29) is 16.8 Å². The Morgan fingerprint density at radius 1 is 1.13 bits per heavy atom. The van der Waals surface area contributed by atoms with Crippen LogP contribution in [-0.4, -0.2) is 40.1 Å². The Bertz CT molecular complexity index is 1040. The van der Waals surface area contributed by atoms with Gasteiger partial charge in [0.15, 0.2) is 0 Å². The van der Waals surface area contributed by atoms with Crippen molar-refractivity contribution in [2.75, 3.05) is 13.2 Å². The predicted molar refractivity (Wildman–Crippen MR) is 127 cm³/mol. The van der Waals surface area contributed by atoms with Gasteiger partial charge in [0.25, 0.3) is 17.7 Å². The third-order valence-corrected chi connectivity index (χ3v) is 5.99. The summed E-state index contributed by atoms with van der Waals surface area (Å²) in [5, 5.41) is 0. The van der Waals surface area contributed by atoms with E-state index in [0.29, 0.717) is 17.1 Å². The molecule has 0 unspecified atom stereocenters. The minimum absolute atomic E-state index is 0.275. The Balaban J connectivity index is 1.57. The molecule has 3 amide bonds. The molecule has 1 aliphatic rings. The zero-order valence-corrected chi connectivity index (χ0v) is 19.6. The maximum absolute atomic E-state index is 12.7. The van der Waals surface area contributed by atoms with Crippen molar-refractivity contribution in [2.24, 2.45) is 0 Å². The first-order valence-electron chi connectivity index (χ1n) is 9.20. The van der Waals surface area contributed by atoms with Crippen molar-refractivity contribution in [3.8, 4) is 5.75 Å². The standard InChI is InChI=1S/C21H18BrN3O4S2/c1-2-29-16-9-3-13(4-10-16)11-17-20(28)25(21(30)31-17)12-18(26)23-24-19(27)14-5-7-15(22)8-6-14/h3-11H,2,12H2,1H3,(H,23,26)(H,24,27). The molecular formula is C21H18BrN3O4S2. The van der Waals surface area contributed by atoms with Gasteiger partial charge in [-0.15, -0.1) is 0 Å². The summed E-state index contributed by atoms with van der Waals surface area (Å²) in [7, 11) is 0. The van der Waals surface area contributed by atoms with Crippen molar-refractivity contribution in [2.45, 2.75) is 6.92 Å². The molecular weight excluding hydrogens is 502 g/mol. The molecule has 3 rings (SSSR count). The molecule has 1 fully saturated rings. The van der Waals surface area contributed by atoms with Crippen LogP contribution in [0.2, 0.25) is 0 Å². The summed E-state index contributed by atoms with van der Waals surface area (Å²) in [5.74, 6) is -0.655. The molecule has 31 heavy (non-hydrogen) atoms. The van der Waals surface area contributed by atoms with Gasteiger partial charge >= 0.3 is 0 Å². The van der Waals surface area contributed by atoms with E-state index < -0.39 is 11.8 Å². The van der Waals surface area contributed by atoms with Crippen molar-refractivity contribution >= 4 is 68.0 Å². The highest BCUT2D eigenvalue weighted by atomic mass is 79.9. The largest absolute Gasteiger partial charge is 0.494 e. The van der Waals surface area contributed by atoms with Gasteiger partial charge in [-0.25, -0.2) is 0 Å². The van der Waals surface area contributed by atoms with E-state index in [9.17, 15) is 14.4 Å². The first-order chi connectivity index (χ1) is 14.9. The number of hydrazine groups is 1. The summed E-state index contributed by atoms with van der Waals surface area (Å²) in [6.45, 7) is 2.18. The lowest BCUT2D eigenvalue weighted by molar-refractivity contribution is -0.129. The lowest BCUT2D eigenvalue weighted by Gasteiger charge is -2.14. The van der Waals surface area contributed by atoms with Crippen molar-refractivity contribution in [1.82, 2.24) is 15.8 Å². The van der Waals surface area contributed by atoms with Gasteiger partial charge in [-0.2, -0.15) is 0 Å². The summed E-state index contributed by atoms with van der Waals surface area (Å²) in [4.78, 5) is 38.6. The van der Waals surface area contributed by atoms with Gasteiger partial charge in [-0.3, -0.25) is 30.1 Å². The highest BCUT2D eigenvalue weighted by molar-refractivity contribution is 9.10. The molecule has 0 bridgehead atoms. The molecule has 10 heteroatoms. The SMILES string of the molecule is CCOc1ccc(C=C2SC(=S)N(CC(=O)NNC(=O)c3ccc(Br)cc3)C2=O)cc1. The molecule has 0 aromatic heterocycles. The molecule has 0 atom stereocenters. The summed E-state index contributed by atoms with van der Waals surface area (Å²) >= 11 is 9.65. The van der Waals surface area contributed by atoms with Gasteiger partial charge in [-0.1, -0.05) is 52.0 Å². The van der Waals surface area contributed by atoms with Crippen LogP contribution in [0.1, 0.15) is 22.8 Å². The fraction of sp³-hybridized carbons (Fsp3) is 0.143. The van der Waals surface area contributed by atoms with E-state index >= 15 is 0 Å². The van der Waals surface area contributed by atoms with Gasteiger partial charge in [-0.05, 0) is 55.0 Å². The molecule has 1 heterocycles. The third-order valence-electron chi connectivity index (χ3n) is 4.09. The zero-order valence-electron chi connectivity index (χ0n) is 16.4. The smallest absolute Gasteiger partial charge is 0.269 e. The first-order valence-corrected chi connectivity index (χ1v) is 11.2. The molecule has 2 N–H and O–H groups in total. The van der Waals surface area contributed by atoms with Crippen molar-refractivity contribution in [3.05, 3.63) is 69.0 Å². The normalized spacial score (nSPS) is 14.6. The minimum atomic E-state index is -0.566. The molecule has 2 aromatic carbocycles. The van der Waals surface area contributed by atoms with Crippen LogP contribution in [0, 0.1) is 0 Å². The molecule has 160 valence electrons. The number of hydrogen-bond acceptors (Lipinski definition) is 6. The van der Waals surface area contributed by atoms with Crippen LogP contribution in [-0.2, 0) is 9.59 Å². The fourth-order valence-electron chi connectivity index (χ4n) is 2.60. The molecule has 1 saturated heterocycles. The van der Waals surface area contributed by atoms with Crippen LogP contribution in [0.3, 0.4) is 0 Å². The summed E-state index contributed by atoms with van der Waals surface area (Å²) < 4.78 is 6.51. The Kier molecular flexibility index (Phi) is 7.83. The molecule has 7 nitrogen and oxygen atoms in total. The van der Waals surface area contributed by atoms with Crippen LogP contribution in [0.4, 0.5) is 0 Å². The number of amides is 3. The number of rotatable bonds is 6. The number of hydrogen-bond donors (Lipinski definition) is 2. The number of ether oxygens (including phenoxy) is 1. The molecule has 0 radical (unpaired) electrons. The Labute approximate surface area is 197 Å². The average molecular weight is 520 g/mol. The third kappa shape index (κ3) is 6.16. The van der Waals surface area contributed by atoms with E-state index in [2.05, 4.69) is 26.8 Å². The fourth-order valence-corrected chi connectivity index (χ4v) is 4.12. The Hall–Kier alpha value is -2.69. The van der Waals surface area contributed by atoms with E-state index in [1.165, 1.54) is 4.90 Å². The van der Waals surface area contributed by atoms with Crippen LogP contribution in [0.25, 0.3) is 6.08 Å². The highest BCUT2D eigenvalue weighted by Gasteiger charge is 2.33. The number of nitrogens with one attached hydrogen (secondary N) is 2. The topological polar surface area (TPSA) is 87.7 Å². The van der Waals surface area contributed by atoms with Gasteiger partial charge in [0.1, 0.15) is 16.6 Å². The number of thiocarbonyl (C=S) groups is 1. The number of nitrogens with zero attached hydrogens (tertiary/aromatic N) is 1. The van der Waals surface area contributed by atoms with Crippen LogP contribution in [0.15, 0.2) is 57.9 Å². The Morgan fingerprint density at radius 3 is 2.45 bits per heavy atom.